The van der Waals surface area contributed by atoms with Crippen LogP contribution in [0, 0.1) is 0 Å². The Morgan fingerprint density at radius 3 is 2.30 bits per heavy atom. The van der Waals surface area contributed by atoms with Crippen LogP contribution >= 0.6 is 7.37 Å². The van der Waals surface area contributed by atoms with E-state index in [1.165, 1.54) is 0 Å². The van der Waals surface area contributed by atoms with Gasteiger partial charge < -0.3 is 14.6 Å². The molecular formula is C23H28NO5P. The first kappa shape index (κ1) is 22.4. The minimum Gasteiger partial charge on any atom is -0.392 e. The normalized spacial score (nSPS) is 17.9. The highest BCUT2D eigenvalue weighted by Gasteiger charge is 2.31. The Morgan fingerprint density at radius 1 is 1.00 bits per heavy atom. The quantitative estimate of drug-likeness (QED) is 0.350. The largest absolute Gasteiger partial charge is 0.392 e. The van der Waals surface area contributed by atoms with Crippen molar-refractivity contribution in [2.24, 2.45) is 0 Å². The Hall–Kier alpha value is -2.27. The van der Waals surface area contributed by atoms with Gasteiger partial charge in [-0.2, -0.15) is 0 Å². The van der Waals surface area contributed by atoms with E-state index in [9.17, 15) is 14.2 Å². The van der Waals surface area contributed by atoms with Gasteiger partial charge >= 0.3 is 11.9 Å². The number of hydrogen-bond donors (Lipinski definition) is 1. The maximum atomic E-state index is 13.4. The van der Waals surface area contributed by atoms with E-state index in [1.54, 1.807) is 0 Å². The zero-order valence-corrected chi connectivity index (χ0v) is 17.9. The molecule has 0 bridgehead atoms. The van der Waals surface area contributed by atoms with Crippen LogP contribution in [0.25, 0.3) is 0 Å². The van der Waals surface area contributed by atoms with E-state index >= 15 is 0 Å². The fraction of sp³-hybridized carbons (Fsp3) is 0.391. The lowest BCUT2D eigenvalue weighted by molar-refractivity contribution is -0.159. The third-order valence-corrected chi connectivity index (χ3v) is 7.38. The summed E-state index contributed by atoms with van der Waals surface area (Å²) in [6, 6.07) is 18.8. The number of benzene rings is 2. The summed E-state index contributed by atoms with van der Waals surface area (Å²) in [6.45, 7) is 0.876. The molecule has 2 aromatic carbocycles. The molecule has 6 nitrogen and oxygen atoms in total. The van der Waals surface area contributed by atoms with Crippen LogP contribution in [0.2, 0.25) is 0 Å². The summed E-state index contributed by atoms with van der Waals surface area (Å²) in [5.74, 6) is -1.39. The van der Waals surface area contributed by atoms with Crippen LogP contribution in [0.5, 0.6) is 0 Å². The van der Waals surface area contributed by atoms with Gasteiger partial charge in [-0.15, -0.1) is 0 Å². The first-order valence-corrected chi connectivity index (χ1v) is 12.3. The van der Waals surface area contributed by atoms with Crippen molar-refractivity contribution in [2.75, 3.05) is 18.9 Å². The number of hydrogen-bond acceptors (Lipinski definition) is 6. The van der Waals surface area contributed by atoms with Crippen molar-refractivity contribution in [2.45, 2.75) is 38.3 Å². The van der Waals surface area contributed by atoms with Crippen molar-refractivity contribution in [3.05, 3.63) is 71.8 Å². The second kappa shape index (κ2) is 11.2. The maximum Gasteiger partial charge on any atom is 0.330 e. The molecule has 1 aliphatic rings. The lowest BCUT2D eigenvalue weighted by atomic mass is 10.1. The van der Waals surface area contributed by atoms with E-state index in [-0.39, 0.29) is 12.8 Å². The molecule has 1 aliphatic heterocycles. The van der Waals surface area contributed by atoms with Crippen LogP contribution in [0.4, 0.5) is 0 Å². The minimum absolute atomic E-state index is 0.148. The molecular weight excluding hydrogens is 401 g/mol. The molecule has 7 heteroatoms. The third-order valence-electron chi connectivity index (χ3n) is 5.05. The third kappa shape index (κ3) is 7.21. The van der Waals surface area contributed by atoms with Gasteiger partial charge in [0.1, 0.15) is 12.2 Å². The Morgan fingerprint density at radius 2 is 1.67 bits per heavy atom. The zero-order valence-electron chi connectivity index (χ0n) is 17.0. The molecule has 1 unspecified atom stereocenters. The van der Waals surface area contributed by atoms with E-state index in [1.807, 2.05) is 60.7 Å². The molecule has 1 N–H and O–H groups in total. The van der Waals surface area contributed by atoms with Gasteiger partial charge in [0.05, 0.1) is 6.61 Å². The second-order valence-electron chi connectivity index (χ2n) is 7.49. The van der Waals surface area contributed by atoms with Crippen molar-refractivity contribution >= 4 is 19.3 Å². The highest BCUT2D eigenvalue weighted by atomic mass is 31.2. The van der Waals surface area contributed by atoms with Crippen molar-refractivity contribution in [1.29, 1.82) is 0 Å². The van der Waals surface area contributed by atoms with Crippen molar-refractivity contribution in [3.63, 3.8) is 0 Å². The Kier molecular flexibility index (Phi) is 8.38. The van der Waals surface area contributed by atoms with Gasteiger partial charge in [0.25, 0.3) is 0 Å². The molecule has 0 radical (unpaired) electrons. The van der Waals surface area contributed by atoms with Crippen LogP contribution in [0.15, 0.2) is 60.7 Å². The average Bonchev–Trinajstić information content (AvgIpc) is 3.29. The summed E-state index contributed by atoms with van der Waals surface area (Å²) in [7, 11) is -3.31. The summed E-state index contributed by atoms with van der Waals surface area (Å²) >= 11 is 0. The number of ether oxygens (including phenoxy) is 1. The SMILES string of the molecule is O=C(CP(=O)(CCCc1ccccc1)OCc1ccccc1)OC(=O)[C@@H]1CCCN1. The lowest BCUT2D eigenvalue weighted by Gasteiger charge is -2.18. The number of carbonyl (C=O) groups excluding carboxylic acids is 2. The van der Waals surface area contributed by atoms with Crippen molar-refractivity contribution < 1.29 is 23.4 Å². The molecule has 0 aromatic heterocycles. The predicted octanol–water partition coefficient (Wildman–Crippen LogP) is 3.94. The fourth-order valence-electron chi connectivity index (χ4n) is 3.42. The first-order chi connectivity index (χ1) is 14.5. The highest BCUT2D eigenvalue weighted by Crippen LogP contribution is 2.48. The van der Waals surface area contributed by atoms with Crippen LogP contribution in [0.1, 0.15) is 30.4 Å². The standard InChI is InChI=1S/C23H28NO5P/c25-22(29-23(26)21-14-7-15-24-21)18-30(27,28-17-20-11-5-2-6-12-20)16-8-13-19-9-3-1-4-10-19/h1-6,9-12,21,24H,7-8,13-18H2/t21-,30?/m0/s1. The summed E-state index contributed by atoms with van der Waals surface area (Å²) < 4.78 is 24.2. The first-order valence-electron chi connectivity index (χ1n) is 10.3. The van der Waals surface area contributed by atoms with E-state index in [4.69, 9.17) is 9.26 Å². The average molecular weight is 429 g/mol. The van der Waals surface area contributed by atoms with Gasteiger partial charge in [0.2, 0.25) is 7.37 Å². The molecule has 1 fully saturated rings. The summed E-state index contributed by atoms with van der Waals surface area (Å²) in [6.07, 6.45) is 2.71. The van der Waals surface area contributed by atoms with E-state index < -0.39 is 31.5 Å². The predicted molar refractivity (Wildman–Crippen MR) is 115 cm³/mol. The Bertz CT molecular complexity index is 866. The molecule has 1 heterocycles. The van der Waals surface area contributed by atoms with Gasteiger partial charge in [-0.3, -0.25) is 9.36 Å². The molecule has 30 heavy (non-hydrogen) atoms. The maximum absolute atomic E-state index is 13.4. The molecule has 0 amide bonds. The lowest BCUT2D eigenvalue weighted by Crippen LogP contribution is -2.34. The molecule has 0 aliphatic carbocycles. The number of carbonyl (C=O) groups is 2. The monoisotopic (exact) mass is 429 g/mol. The van der Waals surface area contributed by atoms with E-state index in [2.05, 4.69) is 5.32 Å². The van der Waals surface area contributed by atoms with Gasteiger partial charge in [-0.1, -0.05) is 60.7 Å². The molecule has 0 spiro atoms. The van der Waals surface area contributed by atoms with Gasteiger partial charge in [-0.05, 0) is 43.4 Å². The molecule has 3 rings (SSSR count). The Balaban J connectivity index is 1.58. The Labute approximate surface area is 177 Å². The topological polar surface area (TPSA) is 81.7 Å². The second-order valence-corrected chi connectivity index (χ2v) is 10.1. The van der Waals surface area contributed by atoms with Gasteiger partial charge in [0.15, 0.2) is 0 Å². The fourth-order valence-corrected chi connectivity index (χ4v) is 5.28. The van der Waals surface area contributed by atoms with Gasteiger partial charge in [0, 0.05) is 6.16 Å². The highest BCUT2D eigenvalue weighted by molar-refractivity contribution is 7.59. The minimum atomic E-state index is -3.31. The van der Waals surface area contributed by atoms with Crippen LogP contribution in [-0.4, -0.2) is 36.8 Å². The van der Waals surface area contributed by atoms with Gasteiger partial charge in [-0.25, -0.2) is 4.79 Å². The summed E-state index contributed by atoms with van der Waals surface area (Å²) in [5, 5.41) is 3.00. The molecule has 0 saturated carbocycles. The van der Waals surface area contributed by atoms with Crippen LogP contribution < -0.4 is 5.32 Å². The van der Waals surface area contributed by atoms with E-state index in [0.29, 0.717) is 12.8 Å². The number of rotatable bonds is 10. The summed E-state index contributed by atoms with van der Waals surface area (Å²) in [5.41, 5.74) is 2.01. The zero-order chi connectivity index (χ0) is 21.2. The molecule has 2 aromatic rings. The van der Waals surface area contributed by atoms with Crippen LogP contribution in [0.3, 0.4) is 0 Å². The van der Waals surface area contributed by atoms with Crippen molar-refractivity contribution in [1.82, 2.24) is 5.32 Å². The summed E-state index contributed by atoms with van der Waals surface area (Å²) in [4.78, 5) is 24.4. The number of aryl methyl sites for hydroxylation is 1. The van der Waals surface area contributed by atoms with E-state index in [0.717, 1.165) is 30.5 Å². The molecule has 1 saturated heterocycles. The molecule has 160 valence electrons. The number of esters is 2. The smallest absolute Gasteiger partial charge is 0.330 e. The van der Waals surface area contributed by atoms with Crippen molar-refractivity contribution in [3.8, 4) is 0 Å². The molecule has 2 atom stereocenters. The number of nitrogens with one attached hydrogen (secondary N) is 1. The van der Waals surface area contributed by atoms with Crippen LogP contribution in [-0.2, 0) is 36.4 Å².